The molecule has 3 atom stereocenters. The van der Waals surface area contributed by atoms with Crippen LogP contribution >= 0.6 is 0 Å². The van der Waals surface area contributed by atoms with Crippen LogP contribution in [0.15, 0.2) is 0 Å². The SMILES string of the molecule is CCC(N)C(=O)OC1CCCCC1CC. The maximum atomic E-state index is 11.6. The van der Waals surface area contributed by atoms with Gasteiger partial charge >= 0.3 is 5.97 Å². The second-order valence-electron chi connectivity index (χ2n) is 4.44. The summed E-state index contributed by atoms with van der Waals surface area (Å²) >= 11 is 0. The van der Waals surface area contributed by atoms with Crippen LogP contribution in [0.1, 0.15) is 52.4 Å². The summed E-state index contributed by atoms with van der Waals surface area (Å²) in [6.07, 6.45) is 6.52. The van der Waals surface area contributed by atoms with Gasteiger partial charge in [0.1, 0.15) is 12.1 Å². The lowest BCUT2D eigenvalue weighted by molar-refractivity contribution is -0.155. The number of nitrogens with two attached hydrogens (primary N) is 1. The Morgan fingerprint density at radius 3 is 2.67 bits per heavy atom. The minimum Gasteiger partial charge on any atom is -0.461 e. The summed E-state index contributed by atoms with van der Waals surface area (Å²) in [5.41, 5.74) is 5.65. The zero-order chi connectivity index (χ0) is 11.3. The molecule has 0 aromatic heterocycles. The van der Waals surface area contributed by atoms with Gasteiger partial charge in [0.15, 0.2) is 0 Å². The Balaban J connectivity index is 2.44. The first kappa shape index (κ1) is 12.5. The Bertz CT molecular complexity index is 206. The molecular formula is C12H23NO2. The molecule has 0 amide bonds. The van der Waals surface area contributed by atoms with Crippen LogP contribution in [-0.2, 0) is 9.53 Å². The Labute approximate surface area is 92.4 Å². The molecule has 3 unspecified atom stereocenters. The molecule has 1 aliphatic rings. The summed E-state index contributed by atoms with van der Waals surface area (Å²) in [4.78, 5) is 11.6. The van der Waals surface area contributed by atoms with Crippen LogP contribution in [0.5, 0.6) is 0 Å². The van der Waals surface area contributed by atoms with Crippen molar-refractivity contribution >= 4 is 5.97 Å². The van der Waals surface area contributed by atoms with Crippen molar-refractivity contribution in [2.45, 2.75) is 64.5 Å². The van der Waals surface area contributed by atoms with Gasteiger partial charge in [-0.05, 0) is 38.0 Å². The van der Waals surface area contributed by atoms with E-state index >= 15 is 0 Å². The van der Waals surface area contributed by atoms with Gasteiger partial charge in [-0.1, -0.05) is 20.3 Å². The maximum Gasteiger partial charge on any atom is 0.323 e. The summed E-state index contributed by atoms with van der Waals surface area (Å²) in [5, 5.41) is 0. The topological polar surface area (TPSA) is 52.3 Å². The van der Waals surface area contributed by atoms with Crippen molar-refractivity contribution in [3.05, 3.63) is 0 Å². The van der Waals surface area contributed by atoms with Gasteiger partial charge < -0.3 is 10.5 Å². The van der Waals surface area contributed by atoms with Crippen LogP contribution < -0.4 is 5.73 Å². The number of rotatable bonds is 4. The number of ether oxygens (including phenoxy) is 1. The first-order valence-corrected chi connectivity index (χ1v) is 6.15. The van der Waals surface area contributed by atoms with E-state index in [2.05, 4.69) is 6.92 Å². The molecule has 0 aliphatic heterocycles. The normalized spacial score (nSPS) is 28.5. The highest BCUT2D eigenvalue weighted by molar-refractivity contribution is 5.75. The Hall–Kier alpha value is -0.570. The number of carbonyl (C=O) groups is 1. The van der Waals surface area contributed by atoms with E-state index < -0.39 is 6.04 Å². The minimum absolute atomic E-state index is 0.119. The lowest BCUT2D eigenvalue weighted by Crippen LogP contribution is -2.37. The first-order chi connectivity index (χ1) is 7.19. The Morgan fingerprint density at radius 1 is 1.40 bits per heavy atom. The van der Waals surface area contributed by atoms with E-state index in [0.717, 1.165) is 12.8 Å². The van der Waals surface area contributed by atoms with Gasteiger partial charge in [0.25, 0.3) is 0 Å². The molecule has 0 radical (unpaired) electrons. The lowest BCUT2D eigenvalue weighted by Gasteiger charge is -2.31. The Morgan fingerprint density at radius 2 is 2.07 bits per heavy atom. The molecule has 0 aromatic rings. The molecule has 3 nitrogen and oxygen atoms in total. The van der Waals surface area contributed by atoms with Gasteiger partial charge in [0.2, 0.25) is 0 Å². The third-order valence-corrected chi connectivity index (χ3v) is 3.37. The molecule has 1 fully saturated rings. The fourth-order valence-corrected chi connectivity index (χ4v) is 2.20. The summed E-state index contributed by atoms with van der Waals surface area (Å²) in [6, 6.07) is -0.440. The molecule has 1 aliphatic carbocycles. The molecule has 1 rings (SSSR count). The Kier molecular flexibility index (Phi) is 5.09. The first-order valence-electron chi connectivity index (χ1n) is 6.15. The molecule has 0 bridgehead atoms. The fraction of sp³-hybridized carbons (Fsp3) is 0.917. The summed E-state index contributed by atoms with van der Waals surface area (Å²) in [7, 11) is 0. The maximum absolute atomic E-state index is 11.6. The largest absolute Gasteiger partial charge is 0.461 e. The second kappa shape index (κ2) is 6.11. The van der Waals surface area contributed by atoms with Gasteiger partial charge in [-0.25, -0.2) is 0 Å². The molecule has 2 N–H and O–H groups in total. The zero-order valence-corrected chi connectivity index (χ0v) is 9.87. The van der Waals surface area contributed by atoms with E-state index in [9.17, 15) is 4.79 Å². The zero-order valence-electron chi connectivity index (χ0n) is 9.87. The third kappa shape index (κ3) is 3.49. The number of carbonyl (C=O) groups excluding carboxylic acids is 1. The minimum atomic E-state index is -0.440. The van der Waals surface area contributed by atoms with Crippen LogP contribution in [0.3, 0.4) is 0 Å². The molecule has 0 saturated heterocycles. The van der Waals surface area contributed by atoms with Crippen molar-refractivity contribution < 1.29 is 9.53 Å². The third-order valence-electron chi connectivity index (χ3n) is 3.37. The quantitative estimate of drug-likeness (QED) is 0.729. The molecule has 88 valence electrons. The van der Waals surface area contributed by atoms with Crippen molar-refractivity contribution in [3.8, 4) is 0 Å². The molecule has 0 aromatic carbocycles. The van der Waals surface area contributed by atoms with Crippen LogP contribution in [-0.4, -0.2) is 18.1 Å². The molecule has 0 spiro atoms. The highest BCUT2D eigenvalue weighted by Crippen LogP contribution is 2.29. The van der Waals surface area contributed by atoms with Gasteiger partial charge in [-0.2, -0.15) is 0 Å². The van der Waals surface area contributed by atoms with Crippen molar-refractivity contribution in [1.29, 1.82) is 0 Å². The van der Waals surface area contributed by atoms with Crippen molar-refractivity contribution in [2.24, 2.45) is 11.7 Å². The van der Waals surface area contributed by atoms with Gasteiger partial charge in [-0.15, -0.1) is 0 Å². The molecule has 1 saturated carbocycles. The number of esters is 1. The number of hydrogen-bond donors (Lipinski definition) is 1. The molecular weight excluding hydrogens is 190 g/mol. The van der Waals surface area contributed by atoms with E-state index in [0.29, 0.717) is 12.3 Å². The smallest absolute Gasteiger partial charge is 0.323 e. The summed E-state index contributed by atoms with van der Waals surface area (Å²) in [6.45, 7) is 4.07. The molecule has 15 heavy (non-hydrogen) atoms. The van der Waals surface area contributed by atoms with Gasteiger partial charge in [0.05, 0.1) is 0 Å². The highest BCUT2D eigenvalue weighted by Gasteiger charge is 2.28. The average molecular weight is 213 g/mol. The standard InChI is InChI=1S/C12H23NO2/c1-3-9-7-5-6-8-11(9)15-12(14)10(13)4-2/h9-11H,3-8,13H2,1-2H3. The van der Waals surface area contributed by atoms with Crippen molar-refractivity contribution in [2.75, 3.05) is 0 Å². The molecule has 3 heteroatoms. The fourth-order valence-electron chi connectivity index (χ4n) is 2.20. The van der Waals surface area contributed by atoms with Gasteiger partial charge in [-0.3, -0.25) is 4.79 Å². The predicted octanol–water partition coefficient (Wildman–Crippen LogP) is 2.24. The van der Waals surface area contributed by atoms with Crippen molar-refractivity contribution in [3.63, 3.8) is 0 Å². The van der Waals surface area contributed by atoms with Crippen LogP contribution in [0.2, 0.25) is 0 Å². The second-order valence-corrected chi connectivity index (χ2v) is 4.44. The van der Waals surface area contributed by atoms with E-state index in [1.165, 1.54) is 19.3 Å². The van der Waals surface area contributed by atoms with E-state index in [-0.39, 0.29) is 12.1 Å². The average Bonchev–Trinajstić information content (AvgIpc) is 2.28. The van der Waals surface area contributed by atoms with E-state index in [1.807, 2.05) is 6.92 Å². The van der Waals surface area contributed by atoms with Crippen LogP contribution in [0.4, 0.5) is 0 Å². The van der Waals surface area contributed by atoms with E-state index in [1.54, 1.807) is 0 Å². The summed E-state index contributed by atoms with van der Waals surface area (Å²) in [5.74, 6) is 0.328. The summed E-state index contributed by atoms with van der Waals surface area (Å²) < 4.78 is 5.48. The molecule has 0 heterocycles. The predicted molar refractivity (Wildman–Crippen MR) is 60.4 cm³/mol. The lowest BCUT2D eigenvalue weighted by atomic mass is 9.85. The van der Waals surface area contributed by atoms with Crippen LogP contribution in [0.25, 0.3) is 0 Å². The van der Waals surface area contributed by atoms with E-state index in [4.69, 9.17) is 10.5 Å². The number of hydrogen-bond acceptors (Lipinski definition) is 3. The van der Waals surface area contributed by atoms with Crippen LogP contribution in [0, 0.1) is 5.92 Å². The monoisotopic (exact) mass is 213 g/mol. The highest BCUT2D eigenvalue weighted by atomic mass is 16.5. The van der Waals surface area contributed by atoms with Crippen molar-refractivity contribution in [1.82, 2.24) is 0 Å². The van der Waals surface area contributed by atoms with Gasteiger partial charge in [0, 0.05) is 0 Å².